The van der Waals surface area contributed by atoms with Crippen LogP contribution < -0.4 is 0 Å². The van der Waals surface area contributed by atoms with E-state index >= 15 is 0 Å². The lowest BCUT2D eigenvalue weighted by Gasteiger charge is -2.41. The van der Waals surface area contributed by atoms with Crippen LogP contribution in [0.3, 0.4) is 0 Å². The van der Waals surface area contributed by atoms with Gasteiger partial charge in [0.2, 0.25) is 11.8 Å². The van der Waals surface area contributed by atoms with Gasteiger partial charge in [-0.1, -0.05) is 38.1 Å². The quantitative estimate of drug-likeness (QED) is 0.549. The second kappa shape index (κ2) is 11.3. The lowest BCUT2D eigenvalue weighted by molar-refractivity contribution is -0.174. The van der Waals surface area contributed by atoms with Crippen LogP contribution in [0.15, 0.2) is 24.3 Å². The molecular formula is C24H34F3N3O3. The molecule has 184 valence electrons. The number of hydrogen-bond donors (Lipinski definition) is 0. The van der Waals surface area contributed by atoms with E-state index in [9.17, 15) is 22.8 Å². The largest absolute Gasteiger partial charge is 0.411 e. The van der Waals surface area contributed by atoms with Gasteiger partial charge in [0.05, 0.1) is 0 Å². The number of rotatable bonds is 8. The van der Waals surface area contributed by atoms with Crippen molar-refractivity contribution in [3.05, 3.63) is 35.4 Å². The first-order valence-electron chi connectivity index (χ1n) is 11.7. The van der Waals surface area contributed by atoms with E-state index in [4.69, 9.17) is 0 Å². The summed E-state index contributed by atoms with van der Waals surface area (Å²) in [4.78, 5) is 32.1. The lowest BCUT2D eigenvalue weighted by Crippen LogP contribution is -2.57. The molecule has 2 aliphatic rings. The van der Waals surface area contributed by atoms with Gasteiger partial charge in [-0.3, -0.25) is 14.5 Å². The Morgan fingerprint density at radius 1 is 1.09 bits per heavy atom. The highest BCUT2D eigenvalue weighted by Crippen LogP contribution is 2.26. The van der Waals surface area contributed by atoms with E-state index < -0.39 is 18.8 Å². The van der Waals surface area contributed by atoms with Gasteiger partial charge in [-0.2, -0.15) is 13.2 Å². The molecule has 2 amide bonds. The monoisotopic (exact) mass is 469 g/mol. The number of carbonyl (C=O) groups excluding carboxylic acids is 2. The van der Waals surface area contributed by atoms with Crippen molar-refractivity contribution in [2.75, 3.05) is 45.9 Å². The third-order valence-corrected chi connectivity index (χ3v) is 6.15. The minimum absolute atomic E-state index is 0.00958. The third-order valence-electron chi connectivity index (χ3n) is 6.15. The summed E-state index contributed by atoms with van der Waals surface area (Å²) < 4.78 is 41.1. The van der Waals surface area contributed by atoms with Gasteiger partial charge >= 0.3 is 6.18 Å². The fourth-order valence-electron chi connectivity index (χ4n) is 4.45. The summed E-state index contributed by atoms with van der Waals surface area (Å²) in [6, 6.07) is 7.47. The number of benzene rings is 1. The van der Waals surface area contributed by atoms with Crippen LogP contribution in [-0.2, 0) is 27.3 Å². The zero-order valence-electron chi connectivity index (χ0n) is 19.4. The summed E-state index contributed by atoms with van der Waals surface area (Å²) in [6.45, 7) is 6.35. The molecule has 1 atom stereocenters. The van der Waals surface area contributed by atoms with Crippen molar-refractivity contribution in [3.63, 3.8) is 0 Å². The predicted molar refractivity (Wildman–Crippen MR) is 118 cm³/mol. The molecule has 0 aliphatic carbocycles. The molecule has 6 nitrogen and oxygen atoms in total. The lowest BCUT2D eigenvalue weighted by atomic mass is 9.92. The highest BCUT2D eigenvalue weighted by molar-refractivity contribution is 5.88. The zero-order chi connectivity index (χ0) is 24.0. The topological polar surface area (TPSA) is 53.1 Å². The molecule has 33 heavy (non-hydrogen) atoms. The van der Waals surface area contributed by atoms with Crippen molar-refractivity contribution in [1.29, 1.82) is 0 Å². The highest BCUT2D eigenvalue weighted by atomic mass is 19.4. The Morgan fingerprint density at radius 2 is 1.76 bits per heavy atom. The van der Waals surface area contributed by atoms with Crippen LogP contribution in [0.2, 0.25) is 0 Å². The van der Waals surface area contributed by atoms with E-state index in [0.717, 1.165) is 11.1 Å². The zero-order valence-corrected chi connectivity index (χ0v) is 19.4. The maximum absolute atomic E-state index is 13.5. The molecule has 2 heterocycles. The van der Waals surface area contributed by atoms with Crippen LogP contribution in [0, 0.1) is 5.92 Å². The average Bonchev–Trinajstić information content (AvgIpc) is 2.76. The maximum Gasteiger partial charge on any atom is 0.411 e. The number of amides is 2. The number of halogens is 3. The molecule has 0 spiro atoms. The van der Waals surface area contributed by atoms with Crippen LogP contribution >= 0.6 is 0 Å². The summed E-state index contributed by atoms with van der Waals surface area (Å²) in [5, 5.41) is 0. The normalized spacial score (nSPS) is 19.6. The Balaban J connectivity index is 1.54. The van der Waals surface area contributed by atoms with Crippen LogP contribution in [0.5, 0.6) is 0 Å². The molecule has 1 aromatic rings. The minimum atomic E-state index is -4.30. The fourth-order valence-corrected chi connectivity index (χ4v) is 4.45. The van der Waals surface area contributed by atoms with Gasteiger partial charge in [-0.05, 0) is 23.5 Å². The summed E-state index contributed by atoms with van der Waals surface area (Å²) in [5.41, 5.74) is 2.21. The Hall–Kier alpha value is -2.13. The molecule has 0 aromatic heterocycles. The molecule has 2 aliphatic heterocycles. The SMILES string of the molecule is CC(C)CC(=O)N1Cc2ccccc2CC1C(=O)N1CCN(CCCOCC(F)(F)F)CC1. The van der Waals surface area contributed by atoms with E-state index in [1.165, 1.54) is 0 Å². The molecule has 1 unspecified atom stereocenters. The molecule has 0 N–H and O–H groups in total. The van der Waals surface area contributed by atoms with Gasteiger partial charge in [0.1, 0.15) is 12.6 Å². The number of fused-ring (bicyclic) bond motifs is 1. The van der Waals surface area contributed by atoms with Crippen LogP contribution in [0.25, 0.3) is 0 Å². The molecule has 9 heteroatoms. The molecule has 1 aromatic carbocycles. The molecule has 3 rings (SSSR count). The number of piperazine rings is 1. The average molecular weight is 470 g/mol. The van der Waals surface area contributed by atoms with Gasteiger partial charge < -0.3 is 14.5 Å². The summed E-state index contributed by atoms with van der Waals surface area (Å²) in [5.74, 6) is 0.208. The fraction of sp³-hybridized carbons (Fsp3) is 0.667. The first kappa shape index (κ1) is 25.5. The van der Waals surface area contributed by atoms with Gasteiger partial charge in [-0.15, -0.1) is 0 Å². The predicted octanol–water partition coefficient (Wildman–Crippen LogP) is 3.10. The van der Waals surface area contributed by atoms with Crippen LogP contribution in [-0.4, -0.2) is 84.7 Å². The van der Waals surface area contributed by atoms with Crippen LogP contribution in [0.4, 0.5) is 13.2 Å². The molecule has 0 bridgehead atoms. The number of ether oxygens (including phenoxy) is 1. The number of nitrogens with zero attached hydrogens (tertiary/aromatic N) is 3. The van der Waals surface area contributed by atoms with E-state index in [-0.39, 0.29) is 24.3 Å². The summed E-state index contributed by atoms with van der Waals surface area (Å²) in [6.07, 6.45) is -2.84. The van der Waals surface area contributed by atoms with Crippen molar-refractivity contribution < 1.29 is 27.5 Å². The Labute approximate surface area is 193 Å². The molecule has 0 saturated carbocycles. The van der Waals surface area contributed by atoms with E-state index in [1.807, 2.05) is 43.0 Å². The van der Waals surface area contributed by atoms with Gasteiger partial charge in [0, 0.05) is 58.7 Å². The highest BCUT2D eigenvalue weighted by Gasteiger charge is 2.37. The van der Waals surface area contributed by atoms with Crippen LogP contribution in [0.1, 0.15) is 37.8 Å². The second-order valence-electron chi connectivity index (χ2n) is 9.30. The molecular weight excluding hydrogens is 435 g/mol. The van der Waals surface area contributed by atoms with Crippen molar-refractivity contribution in [2.45, 2.75) is 51.9 Å². The first-order valence-corrected chi connectivity index (χ1v) is 11.7. The van der Waals surface area contributed by atoms with E-state index in [1.54, 1.807) is 4.90 Å². The van der Waals surface area contributed by atoms with Gasteiger partial charge in [0.25, 0.3) is 0 Å². The second-order valence-corrected chi connectivity index (χ2v) is 9.30. The molecule has 1 saturated heterocycles. The Bertz CT molecular complexity index is 808. The van der Waals surface area contributed by atoms with Crippen molar-refractivity contribution in [3.8, 4) is 0 Å². The number of alkyl halides is 3. The van der Waals surface area contributed by atoms with E-state index in [2.05, 4.69) is 9.64 Å². The minimum Gasteiger partial charge on any atom is -0.372 e. The Kier molecular flexibility index (Phi) is 8.75. The number of hydrogen-bond acceptors (Lipinski definition) is 4. The van der Waals surface area contributed by atoms with Gasteiger partial charge in [0.15, 0.2) is 0 Å². The molecule has 0 radical (unpaired) electrons. The smallest absolute Gasteiger partial charge is 0.372 e. The first-order chi connectivity index (χ1) is 15.6. The summed E-state index contributed by atoms with van der Waals surface area (Å²) >= 11 is 0. The number of carbonyl (C=O) groups is 2. The summed E-state index contributed by atoms with van der Waals surface area (Å²) in [7, 11) is 0. The maximum atomic E-state index is 13.5. The van der Waals surface area contributed by atoms with Gasteiger partial charge in [-0.25, -0.2) is 0 Å². The molecule has 1 fully saturated rings. The van der Waals surface area contributed by atoms with Crippen molar-refractivity contribution in [2.24, 2.45) is 5.92 Å². The standard InChI is InChI=1S/C24H34F3N3O3/c1-18(2)14-22(31)30-16-20-7-4-3-6-19(20)15-21(30)23(32)29-11-9-28(10-12-29)8-5-13-33-17-24(25,26)27/h3-4,6-7,18,21H,5,8-17H2,1-2H3. The third kappa shape index (κ3) is 7.43. The van der Waals surface area contributed by atoms with E-state index in [0.29, 0.717) is 58.5 Å². The van der Waals surface area contributed by atoms with Crippen molar-refractivity contribution in [1.82, 2.24) is 14.7 Å². The van der Waals surface area contributed by atoms with Crippen molar-refractivity contribution >= 4 is 11.8 Å². The Morgan fingerprint density at radius 3 is 2.39 bits per heavy atom.